The number of nitrogens with one attached hydrogen (secondary N) is 2. The van der Waals surface area contributed by atoms with Gasteiger partial charge in [-0.1, -0.05) is 32.0 Å². The first-order valence-electron chi connectivity index (χ1n) is 8.09. The molecule has 0 fully saturated rings. The summed E-state index contributed by atoms with van der Waals surface area (Å²) in [5.74, 6) is -1.46. The van der Waals surface area contributed by atoms with Crippen LogP contribution < -0.4 is 10.6 Å². The number of hydrogen-bond acceptors (Lipinski definition) is 6. The lowest BCUT2D eigenvalue weighted by atomic mass is 10.2. The zero-order valence-electron chi connectivity index (χ0n) is 14.5. The second-order valence-corrected chi connectivity index (χ2v) is 6.09. The van der Waals surface area contributed by atoms with Gasteiger partial charge in [0.25, 0.3) is 5.91 Å². The van der Waals surface area contributed by atoms with Crippen LogP contribution in [0, 0.1) is 5.92 Å². The Bertz CT molecular complexity index is 682. The van der Waals surface area contributed by atoms with Crippen LogP contribution in [0.3, 0.4) is 0 Å². The highest BCUT2D eigenvalue weighted by Crippen LogP contribution is 2.21. The van der Waals surface area contributed by atoms with Gasteiger partial charge in [0.05, 0.1) is 0 Å². The van der Waals surface area contributed by atoms with Crippen molar-refractivity contribution in [2.24, 2.45) is 5.92 Å². The van der Waals surface area contributed by atoms with Gasteiger partial charge in [-0.2, -0.15) is 0 Å². The summed E-state index contributed by atoms with van der Waals surface area (Å²) in [5, 5.41) is 5.56. The maximum Gasteiger partial charge on any atom is 0.348 e. The molecular weight excluding hydrogens is 324 g/mol. The van der Waals surface area contributed by atoms with Crippen molar-refractivity contribution < 1.29 is 23.9 Å². The number of benzene rings is 1. The molecule has 0 radical (unpaired) electrons. The van der Waals surface area contributed by atoms with Crippen LogP contribution in [-0.4, -0.2) is 36.9 Å². The van der Waals surface area contributed by atoms with Crippen molar-refractivity contribution in [1.29, 1.82) is 0 Å². The Morgan fingerprint density at radius 1 is 1.20 bits per heavy atom. The third-order valence-electron chi connectivity index (χ3n) is 3.43. The molecule has 7 heteroatoms. The molecule has 0 saturated heterocycles. The molecule has 1 aliphatic rings. The quantitative estimate of drug-likeness (QED) is 0.575. The topological polar surface area (TPSA) is 93.7 Å². The van der Waals surface area contributed by atoms with E-state index in [9.17, 15) is 14.4 Å². The van der Waals surface area contributed by atoms with E-state index in [4.69, 9.17) is 9.47 Å². The summed E-state index contributed by atoms with van der Waals surface area (Å²) < 4.78 is 10.4. The molecule has 7 nitrogen and oxygen atoms in total. The zero-order valence-corrected chi connectivity index (χ0v) is 14.5. The van der Waals surface area contributed by atoms with E-state index in [0.717, 1.165) is 0 Å². The fraction of sp³-hybridized carbons (Fsp3) is 0.389. The first-order chi connectivity index (χ1) is 11.9. The van der Waals surface area contributed by atoms with Crippen molar-refractivity contribution >= 4 is 23.3 Å². The van der Waals surface area contributed by atoms with Gasteiger partial charge in [-0.05, 0) is 25.0 Å². The van der Waals surface area contributed by atoms with E-state index in [0.29, 0.717) is 12.2 Å². The molecule has 0 spiro atoms. The van der Waals surface area contributed by atoms with E-state index >= 15 is 0 Å². The molecule has 1 aromatic carbocycles. The van der Waals surface area contributed by atoms with Gasteiger partial charge in [0.15, 0.2) is 18.3 Å². The van der Waals surface area contributed by atoms with Gasteiger partial charge in [-0.3, -0.25) is 9.59 Å². The number of ether oxygens (including phenoxy) is 2. The van der Waals surface area contributed by atoms with Crippen molar-refractivity contribution in [2.75, 3.05) is 18.5 Å². The second-order valence-electron chi connectivity index (χ2n) is 6.09. The maximum atomic E-state index is 12.3. The standard InChI is InChI=1S/C18H22N2O5/c1-11(2)9-19-16(22)12(3)25-18(23)15-14(21)10-24-17(15)20-13-7-5-4-6-8-13/h4-8,11-12,20H,9-10H2,1-3H3,(H,19,22)/t12-/m0/s1. The Labute approximate surface area is 146 Å². The van der Waals surface area contributed by atoms with Gasteiger partial charge >= 0.3 is 5.97 Å². The molecular formula is C18H22N2O5. The molecule has 1 atom stereocenters. The van der Waals surface area contributed by atoms with Gasteiger partial charge in [0, 0.05) is 12.2 Å². The van der Waals surface area contributed by atoms with Crippen LogP contribution in [-0.2, 0) is 23.9 Å². The van der Waals surface area contributed by atoms with E-state index in [-0.39, 0.29) is 24.0 Å². The molecule has 0 saturated carbocycles. The Morgan fingerprint density at radius 2 is 1.88 bits per heavy atom. The molecule has 2 N–H and O–H groups in total. The van der Waals surface area contributed by atoms with E-state index in [1.807, 2.05) is 19.9 Å². The first-order valence-corrected chi connectivity index (χ1v) is 8.09. The number of ketones is 1. The average Bonchev–Trinajstić information content (AvgIpc) is 2.93. The summed E-state index contributed by atoms with van der Waals surface area (Å²) in [4.78, 5) is 36.2. The Kier molecular flexibility index (Phi) is 6.16. The Morgan fingerprint density at radius 3 is 2.52 bits per heavy atom. The highest BCUT2D eigenvalue weighted by molar-refractivity contribution is 6.20. The Balaban J connectivity index is 2.05. The van der Waals surface area contributed by atoms with Crippen molar-refractivity contribution in [2.45, 2.75) is 26.9 Å². The molecule has 25 heavy (non-hydrogen) atoms. The van der Waals surface area contributed by atoms with Crippen LogP contribution >= 0.6 is 0 Å². The number of rotatable bonds is 7. The minimum absolute atomic E-state index is 0.0380. The van der Waals surface area contributed by atoms with Crippen LogP contribution in [0.1, 0.15) is 20.8 Å². The molecule has 1 amide bonds. The van der Waals surface area contributed by atoms with Gasteiger partial charge in [0.2, 0.25) is 11.7 Å². The molecule has 1 heterocycles. The van der Waals surface area contributed by atoms with Crippen LogP contribution in [0.2, 0.25) is 0 Å². The lowest BCUT2D eigenvalue weighted by Gasteiger charge is -2.15. The van der Waals surface area contributed by atoms with E-state index in [1.54, 1.807) is 24.3 Å². The number of esters is 1. The third kappa shape index (κ3) is 5.07. The minimum Gasteiger partial charge on any atom is -0.470 e. The van der Waals surface area contributed by atoms with E-state index in [2.05, 4.69) is 10.6 Å². The summed E-state index contributed by atoms with van der Waals surface area (Å²) in [6, 6.07) is 8.98. The highest BCUT2D eigenvalue weighted by atomic mass is 16.6. The predicted molar refractivity (Wildman–Crippen MR) is 91.5 cm³/mol. The zero-order chi connectivity index (χ0) is 18.4. The fourth-order valence-corrected chi connectivity index (χ4v) is 2.09. The number of Topliss-reactive ketones (excluding diaryl/α,β-unsaturated/α-hetero) is 1. The average molecular weight is 346 g/mol. The second kappa shape index (κ2) is 8.32. The van der Waals surface area contributed by atoms with Crippen molar-refractivity contribution in [3.8, 4) is 0 Å². The van der Waals surface area contributed by atoms with E-state index < -0.39 is 23.8 Å². The monoisotopic (exact) mass is 346 g/mol. The maximum absolute atomic E-state index is 12.3. The number of para-hydroxylation sites is 1. The summed E-state index contributed by atoms with van der Waals surface area (Å²) in [6.45, 7) is 5.61. The van der Waals surface area contributed by atoms with Gasteiger partial charge < -0.3 is 20.1 Å². The van der Waals surface area contributed by atoms with Crippen LogP contribution in [0.15, 0.2) is 41.8 Å². The lowest BCUT2D eigenvalue weighted by molar-refractivity contribution is -0.151. The number of carbonyl (C=O) groups is 3. The SMILES string of the molecule is CC(C)CNC(=O)[C@H](C)OC(=O)C1=C(Nc2ccccc2)OCC1=O. The highest BCUT2D eigenvalue weighted by Gasteiger charge is 2.34. The third-order valence-corrected chi connectivity index (χ3v) is 3.43. The summed E-state index contributed by atoms with van der Waals surface area (Å²) in [5.41, 5.74) is 0.451. The number of hydrogen-bond donors (Lipinski definition) is 2. The molecule has 0 aliphatic carbocycles. The molecule has 0 aromatic heterocycles. The molecule has 1 aromatic rings. The lowest BCUT2D eigenvalue weighted by Crippen LogP contribution is -2.38. The summed E-state index contributed by atoms with van der Waals surface area (Å²) >= 11 is 0. The van der Waals surface area contributed by atoms with Crippen LogP contribution in [0.25, 0.3) is 0 Å². The van der Waals surface area contributed by atoms with Crippen molar-refractivity contribution in [3.05, 3.63) is 41.8 Å². The summed E-state index contributed by atoms with van der Waals surface area (Å²) in [6.07, 6.45) is -1.01. The van der Waals surface area contributed by atoms with Gasteiger partial charge in [0.1, 0.15) is 0 Å². The molecule has 0 bridgehead atoms. The van der Waals surface area contributed by atoms with Crippen molar-refractivity contribution in [3.63, 3.8) is 0 Å². The largest absolute Gasteiger partial charge is 0.470 e. The number of anilines is 1. The normalized spacial score (nSPS) is 15.0. The smallest absolute Gasteiger partial charge is 0.348 e. The Hall–Kier alpha value is -2.83. The predicted octanol–water partition coefficient (Wildman–Crippen LogP) is 1.61. The molecule has 134 valence electrons. The number of amides is 1. The molecule has 2 rings (SSSR count). The molecule has 0 unspecified atom stereocenters. The van der Waals surface area contributed by atoms with Gasteiger partial charge in [-0.15, -0.1) is 0 Å². The van der Waals surface area contributed by atoms with Crippen LogP contribution in [0.5, 0.6) is 0 Å². The van der Waals surface area contributed by atoms with Gasteiger partial charge in [-0.25, -0.2) is 4.79 Å². The minimum atomic E-state index is -1.01. The molecule has 1 aliphatic heterocycles. The number of carbonyl (C=O) groups excluding carboxylic acids is 3. The van der Waals surface area contributed by atoms with Crippen LogP contribution in [0.4, 0.5) is 5.69 Å². The van der Waals surface area contributed by atoms with E-state index in [1.165, 1.54) is 6.92 Å². The summed E-state index contributed by atoms with van der Waals surface area (Å²) in [7, 11) is 0. The fourth-order valence-electron chi connectivity index (χ4n) is 2.09. The first kappa shape index (κ1) is 18.5. The van der Waals surface area contributed by atoms with Crippen molar-refractivity contribution in [1.82, 2.24) is 5.32 Å².